The van der Waals surface area contributed by atoms with Crippen LogP contribution in [0.4, 0.5) is 0 Å². The Morgan fingerprint density at radius 2 is 2.00 bits per heavy atom. The number of rotatable bonds is 6. The molecule has 0 bridgehead atoms. The maximum absolute atomic E-state index is 4.94. The van der Waals surface area contributed by atoms with E-state index in [2.05, 4.69) is 12.2 Å². The molecule has 0 aromatic heterocycles. The molecule has 0 saturated carbocycles. The Balaban J connectivity index is 3.09. The van der Waals surface area contributed by atoms with Crippen molar-refractivity contribution in [3.8, 4) is 0 Å². The molecule has 0 aromatic rings. The van der Waals surface area contributed by atoms with E-state index >= 15 is 0 Å². The summed E-state index contributed by atoms with van der Waals surface area (Å²) in [4.78, 5) is 0. The number of hydrogen-bond donors (Lipinski definition) is 1. The smallest absolute Gasteiger partial charge is 0.169 e. The largest absolute Gasteiger partial charge is 0.355 e. The normalized spacial score (nSPS) is 10.8. The van der Waals surface area contributed by atoms with Crippen molar-refractivity contribution in [3.05, 3.63) is 6.92 Å². The highest BCUT2D eigenvalue weighted by Gasteiger charge is 2.01. The summed E-state index contributed by atoms with van der Waals surface area (Å²) in [6, 6.07) is 0. The topological polar surface area (TPSA) is 30.5 Å². The maximum Gasteiger partial charge on any atom is 0.169 e. The number of methoxy groups -OCH3 is 2. The van der Waals surface area contributed by atoms with E-state index < -0.39 is 0 Å². The maximum atomic E-state index is 4.94. The fraction of sp³-hybridized carbons (Fsp3) is 0.857. The molecule has 0 aromatic carbocycles. The highest BCUT2D eigenvalue weighted by Crippen LogP contribution is 1.86. The summed E-state index contributed by atoms with van der Waals surface area (Å²) in [6.07, 6.45) is 0.756. The van der Waals surface area contributed by atoms with Gasteiger partial charge in [0.2, 0.25) is 0 Å². The third kappa shape index (κ3) is 4.73. The Kier molecular flexibility index (Phi) is 6.91. The van der Waals surface area contributed by atoms with Gasteiger partial charge in [-0.15, -0.1) is 0 Å². The zero-order chi connectivity index (χ0) is 7.82. The lowest BCUT2D eigenvalue weighted by molar-refractivity contribution is -0.0985. The van der Waals surface area contributed by atoms with Crippen LogP contribution in [0.1, 0.15) is 6.42 Å². The molecule has 0 spiro atoms. The number of nitrogens with one attached hydrogen (secondary N) is 1. The molecule has 10 heavy (non-hydrogen) atoms. The van der Waals surface area contributed by atoms with Gasteiger partial charge in [-0.05, 0) is 13.0 Å². The summed E-state index contributed by atoms with van der Waals surface area (Å²) in [5, 5.41) is 3.12. The summed E-state index contributed by atoms with van der Waals surface area (Å²) in [6.45, 7) is 5.32. The zero-order valence-corrected chi connectivity index (χ0v) is 6.72. The minimum atomic E-state index is -0.133. The van der Waals surface area contributed by atoms with Gasteiger partial charge in [-0.2, -0.15) is 0 Å². The number of ether oxygens (including phenoxy) is 2. The molecule has 3 nitrogen and oxygen atoms in total. The average Bonchev–Trinajstić information content (AvgIpc) is 1.99. The fourth-order valence-corrected chi connectivity index (χ4v) is 0.608. The molecule has 0 fully saturated rings. The third-order valence-corrected chi connectivity index (χ3v) is 1.19. The molecule has 0 heterocycles. The molecule has 61 valence electrons. The molecule has 0 unspecified atom stereocenters. The Hall–Kier alpha value is -0.120. The van der Waals surface area contributed by atoms with Crippen LogP contribution >= 0.6 is 0 Å². The average molecular weight is 146 g/mol. The van der Waals surface area contributed by atoms with Crippen molar-refractivity contribution in [2.45, 2.75) is 12.7 Å². The first-order chi connectivity index (χ1) is 4.85. The molecule has 0 aliphatic heterocycles. The van der Waals surface area contributed by atoms with Gasteiger partial charge in [0.15, 0.2) is 6.29 Å². The Morgan fingerprint density at radius 1 is 1.40 bits per heavy atom. The van der Waals surface area contributed by atoms with Crippen LogP contribution in [0.3, 0.4) is 0 Å². The molecule has 3 heteroatoms. The predicted molar refractivity (Wildman–Crippen MR) is 40.6 cm³/mol. The summed E-state index contributed by atoms with van der Waals surface area (Å²) in [5.41, 5.74) is 0. The van der Waals surface area contributed by atoms with Gasteiger partial charge in [0, 0.05) is 20.8 Å². The highest BCUT2D eigenvalue weighted by molar-refractivity contribution is 4.51. The van der Waals surface area contributed by atoms with E-state index in [1.807, 2.05) is 0 Å². The molecular weight excluding hydrogens is 130 g/mol. The van der Waals surface area contributed by atoms with Crippen molar-refractivity contribution in [1.29, 1.82) is 0 Å². The second-order valence-corrected chi connectivity index (χ2v) is 1.96. The van der Waals surface area contributed by atoms with Crippen LogP contribution in [0.15, 0.2) is 0 Å². The highest BCUT2D eigenvalue weighted by atomic mass is 16.7. The van der Waals surface area contributed by atoms with E-state index in [9.17, 15) is 0 Å². The van der Waals surface area contributed by atoms with E-state index in [4.69, 9.17) is 9.47 Å². The van der Waals surface area contributed by atoms with Crippen molar-refractivity contribution < 1.29 is 9.47 Å². The first kappa shape index (κ1) is 9.88. The molecular formula is C7H16NO2. The van der Waals surface area contributed by atoms with Crippen molar-refractivity contribution >= 4 is 0 Å². The molecule has 1 radical (unpaired) electrons. The quantitative estimate of drug-likeness (QED) is 0.435. The van der Waals surface area contributed by atoms with Gasteiger partial charge >= 0.3 is 0 Å². The molecule has 0 atom stereocenters. The fourth-order valence-electron chi connectivity index (χ4n) is 0.608. The van der Waals surface area contributed by atoms with Gasteiger partial charge in [-0.1, -0.05) is 6.92 Å². The van der Waals surface area contributed by atoms with E-state index in [-0.39, 0.29) is 6.29 Å². The van der Waals surface area contributed by atoms with Crippen LogP contribution in [0, 0.1) is 6.92 Å². The standard InChI is InChI=1S/C7H16NO2/c1-4-5-8-6-7(9-2)10-3/h7-8H,1,4-6H2,2-3H3. The van der Waals surface area contributed by atoms with Crippen LogP contribution in [-0.2, 0) is 9.47 Å². The van der Waals surface area contributed by atoms with E-state index in [1.165, 1.54) is 0 Å². The van der Waals surface area contributed by atoms with Crippen molar-refractivity contribution in [3.63, 3.8) is 0 Å². The van der Waals surface area contributed by atoms with E-state index in [0.717, 1.165) is 19.5 Å². The summed E-state index contributed by atoms with van der Waals surface area (Å²) in [5.74, 6) is 0. The van der Waals surface area contributed by atoms with Crippen LogP contribution < -0.4 is 5.32 Å². The van der Waals surface area contributed by atoms with Crippen molar-refractivity contribution in [2.24, 2.45) is 0 Å². The summed E-state index contributed by atoms with van der Waals surface area (Å²) in [7, 11) is 3.25. The third-order valence-electron chi connectivity index (χ3n) is 1.19. The van der Waals surface area contributed by atoms with Crippen LogP contribution in [-0.4, -0.2) is 33.6 Å². The first-order valence-corrected chi connectivity index (χ1v) is 3.40. The predicted octanol–water partition coefficient (Wildman–Crippen LogP) is 0.419. The second-order valence-electron chi connectivity index (χ2n) is 1.96. The van der Waals surface area contributed by atoms with Crippen LogP contribution in [0.5, 0.6) is 0 Å². The van der Waals surface area contributed by atoms with Gasteiger partial charge in [0.1, 0.15) is 0 Å². The summed E-state index contributed by atoms with van der Waals surface area (Å²) < 4.78 is 9.88. The van der Waals surface area contributed by atoms with Crippen LogP contribution in [0.25, 0.3) is 0 Å². The van der Waals surface area contributed by atoms with E-state index in [0.29, 0.717) is 0 Å². The Bertz CT molecular complexity index is 64.6. The SMILES string of the molecule is [CH2]CCNCC(OC)OC. The van der Waals surface area contributed by atoms with E-state index in [1.54, 1.807) is 14.2 Å². The van der Waals surface area contributed by atoms with Crippen molar-refractivity contribution in [2.75, 3.05) is 27.3 Å². The molecule has 0 amide bonds. The monoisotopic (exact) mass is 146 g/mol. The van der Waals surface area contributed by atoms with Gasteiger partial charge in [0.25, 0.3) is 0 Å². The molecule has 0 saturated heterocycles. The Morgan fingerprint density at radius 3 is 2.40 bits per heavy atom. The minimum absolute atomic E-state index is 0.133. The molecule has 0 aliphatic carbocycles. The van der Waals surface area contributed by atoms with Gasteiger partial charge in [0.05, 0.1) is 0 Å². The Labute approximate surface area is 62.7 Å². The lowest BCUT2D eigenvalue weighted by atomic mass is 10.5. The first-order valence-electron chi connectivity index (χ1n) is 3.40. The molecule has 0 aliphatic rings. The second kappa shape index (κ2) is 6.99. The zero-order valence-electron chi connectivity index (χ0n) is 6.72. The summed E-state index contributed by atoms with van der Waals surface area (Å²) >= 11 is 0. The molecule has 0 rings (SSSR count). The lowest BCUT2D eigenvalue weighted by Crippen LogP contribution is -2.30. The lowest BCUT2D eigenvalue weighted by Gasteiger charge is -2.13. The molecule has 1 N–H and O–H groups in total. The number of hydrogen-bond acceptors (Lipinski definition) is 3. The van der Waals surface area contributed by atoms with Gasteiger partial charge in [-0.25, -0.2) is 0 Å². The van der Waals surface area contributed by atoms with Crippen LogP contribution in [0.2, 0.25) is 0 Å². The minimum Gasteiger partial charge on any atom is -0.355 e. The van der Waals surface area contributed by atoms with Gasteiger partial charge in [-0.3, -0.25) is 0 Å². The van der Waals surface area contributed by atoms with Crippen molar-refractivity contribution in [1.82, 2.24) is 5.32 Å². The van der Waals surface area contributed by atoms with Gasteiger partial charge < -0.3 is 14.8 Å².